The van der Waals surface area contributed by atoms with Gasteiger partial charge in [-0.3, -0.25) is 4.79 Å². The molecule has 0 aliphatic rings. The molecule has 0 unspecified atom stereocenters. The van der Waals surface area contributed by atoms with Crippen LogP contribution < -0.4 is 5.32 Å². The molecule has 0 spiro atoms. The van der Waals surface area contributed by atoms with Crippen LogP contribution in [0.1, 0.15) is 21.7 Å². The minimum Gasteiger partial charge on any atom is -0.395 e. The zero-order valence-electron chi connectivity index (χ0n) is 14.5. The van der Waals surface area contributed by atoms with Crippen LogP contribution in [0.15, 0.2) is 46.9 Å². The summed E-state index contributed by atoms with van der Waals surface area (Å²) in [6, 6.07) is 13.7. The molecule has 0 atom stereocenters. The van der Waals surface area contributed by atoms with Gasteiger partial charge in [0.1, 0.15) is 0 Å². The monoisotopic (exact) mass is 414 g/mol. The fourth-order valence-corrected chi connectivity index (χ4v) is 2.82. The highest BCUT2D eigenvalue weighted by Gasteiger charge is 2.19. The molecular weight excluding hydrogens is 396 g/mol. The summed E-state index contributed by atoms with van der Waals surface area (Å²) in [5.41, 5.74) is 3.84. The Bertz CT molecular complexity index is 935. The first-order valence-corrected chi connectivity index (χ1v) is 8.98. The molecule has 0 saturated heterocycles. The van der Waals surface area contributed by atoms with E-state index in [1.807, 2.05) is 56.3 Å². The minimum atomic E-state index is -0.415. The van der Waals surface area contributed by atoms with Crippen molar-refractivity contribution in [2.24, 2.45) is 0 Å². The largest absolute Gasteiger partial charge is 0.395 e. The van der Waals surface area contributed by atoms with E-state index in [1.165, 1.54) is 0 Å². The van der Waals surface area contributed by atoms with Crippen molar-refractivity contribution in [3.63, 3.8) is 0 Å². The maximum Gasteiger partial charge on any atom is 0.291 e. The van der Waals surface area contributed by atoms with Crippen molar-refractivity contribution in [1.82, 2.24) is 20.1 Å². The van der Waals surface area contributed by atoms with E-state index in [9.17, 15) is 4.79 Å². The predicted molar refractivity (Wildman–Crippen MR) is 103 cm³/mol. The Hall–Kier alpha value is -2.51. The Labute approximate surface area is 160 Å². The normalized spacial score (nSPS) is 10.8. The number of hydrogen-bond donors (Lipinski definition) is 2. The van der Waals surface area contributed by atoms with E-state index >= 15 is 0 Å². The Morgan fingerprint density at radius 2 is 1.92 bits per heavy atom. The molecule has 134 valence electrons. The number of aryl methyl sites for hydroxylation is 2. The number of nitrogens with zero attached hydrogens (tertiary/aromatic N) is 3. The second kappa shape index (κ2) is 7.80. The smallest absolute Gasteiger partial charge is 0.291 e. The molecule has 0 bridgehead atoms. The molecule has 3 rings (SSSR count). The van der Waals surface area contributed by atoms with E-state index in [4.69, 9.17) is 5.11 Å². The molecule has 1 amide bonds. The number of aliphatic hydroxyl groups is 1. The summed E-state index contributed by atoms with van der Waals surface area (Å²) < 4.78 is 2.65. The fraction of sp³-hybridized carbons (Fsp3) is 0.211. The molecule has 0 saturated carbocycles. The third-order valence-electron chi connectivity index (χ3n) is 3.90. The predicted octanol–water partition coefficient (Wildman–Crippen LogP) is 3.04. The zero-order chi connectivity index (χ0) is 18.7. The third kappa shape index (κ3) is 3.84. The topological polar surface area (TPSA) is 80.0 Å². The van der Waals surface area contributed by atoms with Gasteiger partial charge in [-0.25, -0.2) is 9.67 Å². The van der Waals surface area contributed by atoms with Crippen LogP contribution in [-0.4, -0.2) is 38.9 Å². The summed E-state index contributed by atoms with van der Waals surface area (Å²) in [5.74, 6) is 0.235. The second-order valence-corrected chi connectivity index (χ2v) is 6.86. The van der Waals surface area contributed by atoms with Crippen molar-refractivity contribution in [3.8, 4) is 17.1 Å². The van der Waals surface area contributed by atoms with Gasteiger partial charge in [-0.15, -0.1) is 5.10 Å². The van der Waals surface area contributed by atoms with E-state index in [-0.39, 0.29) is 19.0 Å². The first-order chi connectivity index (χ1) is 12.5. The molecule has 1 aromatic heterocycles. The van der Waals surface area contributed by atoms with Crippen LogP contribution in [0.5, 0.6) is 0 Å². The number of hydrogen-bond acceptors (Lipinski definition) is 4. The number of aliphatic hydroxyl groups excluding tert-OH is 1. The van der Waals surface area contributed by atoms with E-state index in [0.29, 0.717) is 5.82 Å². The number of carbonyl (C=O) groups excluding carboxylic acids is 1. The molecule has 0 radical (unpaired) electrons. The second-order valence-electron chi connectivity index (χ2n) is 5.95. The zero-order valence-corrected chi connectivity index (χ0v) is 16.1. The summed E-state index contributed by atoms with van der Waals surface area (Å²) in [4.78, 5) is 16.7. The summed E-state index contributed by atoms with van der Waals surface area (Å²) in [6.07, 6.45) is 0. The van der Waals surface area contributed by atoms with Gasteiger partial charge in [0.05, 0.1) is 12.3 Å². The number of carbonyl (C=O) groups is 1. The lowest BCUT2D eigenvalue weighted by molar-refractivity contribution is 0.0934. The third-order valence-corrected chi connectivity index (χ3v) is 4.43. The molecule has 2 N–H and O–H groups in total. The highest BCUT2D eigenvalue weighted by molar-refractivity contribution is 9.10. The van der Waals surface area contributed by atoms with Gasteiger partial charge in [-0.05, 0) is 43.2 Å². The van der Waals surface area contributed by atoms with Gasteiger partial charge < -0.3 is 10.4 Å². The number of benzene rings is 2. The summed E-state index contributed by atoms with van der Waals surface area (Å²) in [6.45, 7) is 4.02. The lowest BCUT2D eigenvalue weighted by Gasteiger charge is -2.10. The van der Waals surface area contributed by atoms with Crippen LogP contribution in [-0.2, 0) is 0 Å². The maximum atomic E-state index is 12.3. The number of aromatic nitrogens is 3. The standard InChI is InChI=1S/C19H19BrN4O2/c1-12-3-4-13(2)16(11-12)24-18(14-5-7-15(20)8-6-14)22-17(23-24)19(26)21-9-10-25/h3-8,11,25H,9-10H2,1-2H3,(H,21,26). The van der Waals surface area contributed by atoms with E-state index in [0.717, 1.165) is 26.9 Å². The Morgan fingerprint density at radius 3 is 2.62 bits per heavy atom. The quantitative estimate of drug-likeness (QED) is 0.672. The Kier molecular flexibility index (Phi) is 5.49. The molecule has 3 aromatic rings. The summed E-state index contributed by atoms with van der Waals surface area (Å²) in [5, 5.41) is 15.9. The molecule has 6 nitrogen and oxygen atoms in total. The lowest BCUT2D eigenvalue weighted by atomic mass is 10.1. The molecule has 0 fully saturated rings. The van der Waals surface area contributed by atoms with Crippen molar-refractivity contribution in [3.05, 3.63) is 63.9 Å². The van der Waals surface area contributed by atoms with Gasteiger partial charge in [0, 0.05) is 16.6 Å². The molecule has 0 aliphatic carbocycles. The van der Waals surface area contributed by atoms with Crippen molar-refractivity contribution < 1.29 is 9.90 Å². The SMILES string of the molecule is Cc1ccc(C)c(-n2nc(C(=O)NCCO)nc2-c2ccc(Br)cc2)c1. The van der Waals surface area contributed by atoms with Crippen LogP contribution >= 0.6 is 15.9 Å². The summed E-state index contributed by atoms with van der Waals surface area (Å²) in [7, 11) is 0. The van der Waals surface area contributed by atoms with Gasteiger partial charge in [0.25, 0.3) is 5.91 Å². The van der Waals surface area contributed by atoms with E-state index in [2.05, 4.69) is 31.3 Å². The number of rotatable bonds is 5. The van der Waals surface area contributed by atoms with E-state index in [1.54, 1.807) is 4.68 Å². The number of halogens is 1. The molecule has 0 aliphatic heterocycles. The highest BCUT2D eigenvalue weighted by atomic mass is 79.9. The van der Waals surface area contributed by atoms with Crippen LogP contribution in [0.3, 0.4) is 0 Å². The van der Waals surface area contributed by atoms with Crippen LogP contribution in [0.25, 0.3) is 17.1 Å². The van der Waals surface area contributed by atoms with Gasteiger partial charge in [0.2, 0.25) is 5.82 Å². The van der Waals surface area contributed by atoms with E-state index < -0.39 is 5.91 Å². The number of amides is 1. The average molecular weight is 415 g/mol. The maximum absolute atomic E-state index is 12.3. The Morgan fingerprint density at radius 1 is 1.19 bits per heavy atom. The number of nitrogens with one attached hydrogen (secondary N) is 1. The highest BCUT2D eigenvalue weighted by Crippen LogP contribution is 2.25. The van der Waals surface area contributed by atoms with Crippen molar-refractivity contribution in [2.75, 3.05) is 13.2 Å². The first kappa shape index (κ1) is 18.3. The van der Waals surface area contributed by atoms with Gasteiger partial charge in [-0.1, -0.05) is 40.2 Å². The molecule has 26 heavy (non-hydrogen) atoms. The minimum absolute atomic E-state index is 0.0669. The van der Waals surface area contributed by atoms with Crippen molar-refractivity contribution >= 4 is 21.8 Å². The molecule has 7 heteroatoms. The molecular formula is C19H19BrN4O2. The van der Waals surface area contributed by atoms with Crippen molar-refractivity contribution in [1.29, 1.82) is 0 Å². The fourth-order valence-electron chi connectivity index (χ4n) is 2.56. The van der Waals surface area contributed by atoms with Gasteiger partial charge in [0.15, 0.2) is 5.82 Å². The Balaban J connectivity index is 2.14. The summed E-state index contributed by atoms with van der Waals surface area (Å²) >= 11 is 3.43. The molecule has 1 heterocycles. The van der Waals surface area contributed by atoms with Crippen LogP contribution in [0, 0.1) is 13.8 Å². The van der Waals surface area contributed by atoms with Crippen LogP contribution in [0.4, 0.5) is 0 Å². The van der Waals surface area contributed by atoms with Gasteiger partial charge >= 0.3 is 0 Å². The van der Waals surface area contributed by atoms with Crippen molar-refractivity contribution in [2.45, 2.75) is 13.8 Å². The molecule has 2 aromatic carbocycles. The first-order valence-electron chi connectivity index (χ1n) is 8.19. The van der Waals surface area contributed by atoms with Gasteiger partial charge in [-0.2, -0.15) is 0 Å². The lowest BCUT2D eigenvalue weighted by Crippen LogP contribution is -2.27. The average Bonchev–Trinajstić information content (AvgIpc) is 3.07. The van der Waals surface area contributed by atoms with Crippen LogP contribution in [0.2, 0.25) is 0 Å².